The zero-order valence-electron chi connectivity index (χ0n) is 13.2. The Hall–Kier alpha value is -1.89. The van der Waals surface area contributed by atoms with Gasteiger partial charge >= 0.3 is 5.88 Å². The number of hydrogen-bond acceptors (Lipinski definition) is 5. The lowest BCUT2D eigenvalue weighted by atomic mass is 9.96. The van der Waals surface area contributed by atoms with Crippen LogP contribution in [0.1, 0.15) is 32.4 Å². The number of likely N-dealkylation sites (tertiary alicyclic amines) is 1. The van der Waals surface area contributed by atoms with Gasteiger partial charge in [0.15, 0.2) is 0 Å². The molecule has 7 nitrogen and oxygen atoms in total. The summed E-state index contributed by atoms with van der Waals surface area (Å²) in [5.74, 6) is 0.559. The summed E-state index contributed by atoms with van der Waals surface area (Å²) < 4.78 is 5.20. The summed E-state index contributed by atoms with van der Waals surface area (Å²) in [6.07, 6.45) is 1.87. The lowest BCUT2D eigenvalue weighted by molar-refractivity contribution is -0.402. The molecule has 1 saturated heterocycles. The van der Waals surface area contributed by atoms with Crippen molar-refractivity contribution in [2.75, 3.05) is 26.2 Å². The molecule has 1 aliphatic heterocycles. The molecule has 0 N–H and O–H groups in total. The predicted molar refractivity (Wildman–Crippen MR) is 81.3 cm³/mol. The first-order chi connectivity index (χ1) is 10.5. The van der Waals surface area contributed by atoms with E-state index >= 15 is 0 Å². The fraction of sp³-hybridized carbons (Fsp3) is 0.667. The van der Waals surface area contributed by atoms with Gasteiger partial charge in [-0.05, 0) is 39.3 Å². The highest BCUT2D eigenvalue weighted by molar-refractivity contribution is 5.79. The van der Waals surface area contributed by atoms with Crippen LogP contribution in [0, 0.1) is 16.0 Å². The Morgan fingerprint density at radius 3 is 2.77 bits per heavy atom. The molecule has 2 heterocycles. The van der Waals surface area contributed by atoms with Gasteiger partial charge in [0.05, 0.1) is 18.5 Å². The largest absolute Gasteiger partial charge is 0.433 e. The molecule has 0 bridgehead atoms. The van der Waals surface area contributed by atoms with Crippen LogP contribution in [0.3, 0.4) is 0 Å². The standard InChI is InChI=1S/C15H23N3O4/c1-3-17(4-2)15(19)12-6-5-9-16(10-12)11-13-7-8-14(22-13)18(20)21/h7-8,12H,3-6,9-11H2,1-2H3/t12-/m0/s1. The zero-order chi connectivity index (χ0) is 16.1. The second-order valence-electron chi connectivity index (χ2n) is 5.58. The number of carbonyl (C=O) groups excluding carboxylic acids is 1. The molecule has 1 aliphatic rings. The van der Waals surface area contributed by atoms with E-state index in [2.05, 4.69) is 4.90 Å². The SMILES string of the molecule is CCN(CC)C(=O)[C@H]1CCCN(Cc2ccc([N+](=O)[O-])o2)C1. The van der Waals surface area contributed by atoms with Crippen molar-refractivity contribution in [2.45, 2.75) is 33.2 Å². The van der Waals surface area contributed by atoms with E-state index in [-0.39, 0.29) is 17.7 Å². The molecule has 0 aliphatic carbocycles. The average Bonchev–Trinajstić information content (AvgIpc) is 2.97. The third-order valence-corrected chi connectivity index (χ3v) is 4.14. The van der Waals surface area contributed by atoms with Crippen LogP contribution in [0.15, 0.2) is 16.5 Å². The van der Waals surface area contributed by atoms with Gasteiger partial charge in [0.2, 0.25) is 5.91 Å². The molecule has 1 amide bonds. The van der Waals surface area contributed by atoms with Crippen molar-refractivity contribution in [1.29, 1.82) is 0 Å². The highest BCUT2D eigenvalue weighted by Crippen LogP contribution is 2.23. The Bertz CT molecular complexity index is 525. The zero-order valence-corrected chi connectivity index (χ0v) is 13.2. The van der Waals surface area contributed by atoms with Gasteiger partial charge < -0.3 is 9.32 Å². The first-order valence-corrected chi connectivity index (χ1v) is 7.79. The van der Waals surface area contributed by atoms with E-state index in [0.717, 1.165) is 32.5 Å². The molecule has 0 unspecified atom stereocenters. The van der Waals surface area contributed by atoms with Crippen LogP contribution in [0.25, 0.3) is 0 Å². The lowest BCUT2D eigenvalue weighted by Gasteiger charge is -2.34. The van der Waals surface area contributed by atoms with E-state index in [1.807, 2.05) is 18.7 Å². The second-order valence-corrected chi connectivity index (χ2v) is 5.58. The monoisotopic (exact) mass is 309 g/mol. The molecular weight excluding hydrogens is 286 g/mol. The molecule has 1 atom stereocenters. The predicted octanol–water partition coefficient (Wildman–Crippen LogP) is 2.27. The van der Waals surface area contributed by atoms with Crippen LogP contribution in [-0.4, -0.2) is 46.8 Å². The van der Waals surface area contributed by atoms with Gasteiger partial charge in [0, 0.05) is 19.6 Å². The molecule has 1 aromatic heterocycles. The van der Waals surface area contributed by atoms with Crippen LogP contribution >= 0.6 is 0 Å². The number of rotatable bonds is 6. The topological polar surface area (TPSA) is 79.8 Å². The van der Waals surface area contributed by atoms with Crippen LogP contribution in [-0.2, 0) is 11.3 Å². The van der Waals surface area contributed by atoms with E-state index in [1.54, 1.807) is 6.07 Å². The fourth-order valence-corrected chi connectivity index (χ4v) is 2.96. The molecule has 0 radical (unpaired) electrons. The first kappa shape index (κ1) is 16.5. The number of hydrogen-bond donors (Lipinski definition) is 0. The second kappa shape index (κ2) is 7.40. The van der Waals surface area contributed by atoms with E-state index in [4.69, 9.17) is 4.42 Å². The smallest absolute Gasteiger partial charge is 0.404 e. The third kappa shape index (κ3) is 3.85. The van der Waals surface area contributed by atoms with Crippen molar-refractivity contribution in [1.82, 2.24) is 9.80 Å². The van der Waals surface area contributed by atoms with Crippen LogP contribution in [0.4, 0.5) is 5.88 Å². The van der Waals surface area contributed by atoms with Crippen LogP contribution in [0.2, 0.25) is 0 Å². The molecule has 1 aromatic rings. The first-order valence-electron chi connectivity index (χ1n) is 7.79. The Kier molecular flexibility index (Phi) is 5.54. The third-order valence-electron chi connectivity index (χ3n) is 4.14. The highest BCUT2D eigenvalue weighted by atomic mass is 16.6. The molecular formula is C15H23N3O4. The van der Waals surface area contributed by atoms with Crippen molar-refractivity contribution in [2.24, 2.45) is 5.92 Å². The number of carbonyl (C=O) groups is 1. The Morgan fingerprint density at radius 1 is 1.45 bits per heavy atom. The molecule has 1 fully saturated rings. The fourth-order valence-electron chi connectivity index (χ4n) is 2.96. The maximum absolute atomic E-state index is 12.4. The maximum Gasteiger partial charge on any atom is 0.433 e. The normalized spacial score (nSPS) is 19.1. The van der Waals surface area contributed by atoms with E-state index in [9.17, 15) is 14.9 Å². The van der Waals surface area contributed by atoms with Gasteiger partial charge in [-0.15, -0.1) is 0 Å². The van der Waals surface area contributed by atoms with Crippen molar-refractivity contribution < 1.29 is 14.1 Å². The average molecular weight is 309 g/mol. The Balaban J connectivity index is 1.95. The van der Waals surface area contributed by atoms with E-state index in [0.29, 0.717) is 18.8 Å². The summed E-state index contributed by atoms with van der Waals surface area (Å²) >= 11 is 0. The van der Waals surface area contributed by atoms with E-state index in [1.165, 1.54) is 6.07 Å². The molecule has 0 aromatic carbocycles. The number of amides is 1. The summed E-state index contributed by atoms with van der Waals surface area (Å²) in [7, 11) is 0. The quantitative estimate of drug-likeness (QED) is 0.595. The molecule has 7 heteroatoms. The van der Waals surface area contributed by atoms with Gasteiger partial charge in [0.1, 0.15) is 10.7 Å². The highest BCUT2D eigenvalue weighted by Gasteiger charge is 2.28. The molecule has 2 rings (SSSR count). The van der Waals surface area contributed by atoms with Gasteiger partial charge in [-0.25, -0.2) is 0 Å². The Morgan fingerprint density at radius 2 is 2.18 bits per heavy atom. The Labute approximate surface area is 130 Å². The number of furan rings is 1. The van der Waals surface area contributed by atoms with Crippen molar-refractivity contribution in [3.8, 4) is 0 Å². The van der Waals surface area contributed by atoms with Crippen molar-refractivity contribution in [3.05, 3.63) is 28.0 Å². The maximum atomic E-state index is 12.4. The number of piperidine rings is 1. The number of nitro groups is 1. The molecule has 0 spiro atoms. The molecule has 122 valence electrons. The minimum absolute atomic E-state index is 0.0126. The summed E-state index contributed by atoms with van der Waals surface area (Å²) in [4.78, 5) is 26.5. The van der Waals surface area contributed by atoms with Gasteiger partial charge in [-0.1, -0.05) is 0 Å². The van der Waals surface area contributed by atoms with E-state index < -0.39 is 4.92 Å². The van der Waals surface area contributed by atoms with Crippen molar-refractivity contribution >= 4 is 11.8 Å². The minimum atomic E-state index is -0.535. The summed E-state index contributed by atoms with van der Waals surface area (Å²) in [5, 5.41) is 10.6. The van der Waals surface area contributed by atoms with Gasteiger partial charge in [0.25, 0.3) is 0 Å². The van der Waals surface area contributed by atoms with Gasteiger partial charge in [-0.3, -0.25) is 19.8 Å². The van der Waals surface area contributed by atoms with Crippen LogP contribution in [0.5, 0.6) is 0 Å². The molecule has 22 heavy (non-hydrogen) atoms. The number of nitrogens with zero attached hydrogens (tertiary/aromatic N) is 3. The van der Waals surface area contributed by atoms with Gasteiger partial charge in [-0.2, -0.15) is 0 Å². The van der Waals surface area contributed by atoms with Crippen LogP contribution < -0.4 is 0 Å². The molecule has 0 saturated carbocycles. The summed E-state index contributed by atoms with van der Waals surface area (Å²) in [6, 6.07) is 3.01. The summed E-state index contributed by atoms with van der Waals surface area (Å²) in [6.45, 7) is 7.52. The summed E-state index contributed by atoms with van der Waals surface area (Å²) in [5.41, 5.74) is 0. The lowest BCUT2D eigenvalue weighted by Crippen LogP contribution is -2.44. The minimum Gasteiger partial charge on any atom is -0.404 e. The van der Waals surface area contributed by atoms with Crippen molar-refractivity contribution in [3.63, 3.8) is 0 Å².